The Morgan fingerprint density at radius 3 is 2.32 bits per heavy atom. The van der Waals surface area contributed by atoms with Crippen molar-refractivity contribution in [3.8, 4) is 11.5 Å². The zero-order chi connectivity index (χ0) is 18.6. The fraction of sp³-hybridized carbons (Fsp3) is 0.579. The van der Waals surface area contributed by atoms with Crippen molar-refractivity contribution < 1.29 is 24.0 Å². The molecule has 6 heteroatoms. The SMILES string of the molecule is CCC1(C)CC(=O)N(C[NH+](C)Cc2ccc(OC)cc2OC)C(=O)C1. The molecule has 1 fully saturated rings. The monoisotopic (exact) mass is 349 g/mol. The zero-order valence-electron chi connectivity index (χ0n) is 15.8. The van der Waals surface area contributed by atoms with Gasteiger partial charge in [-0.1, -0.05) is 13.8 Å². The first-order valence-corrected chi connectivity index (χ1v) is 8.67. The van der Waals surface area contributed by atoms with Crippen molar-refractivity contribution in [2.75, 3.05) is 27.9 Å². The molecule has 1 aromatic rings. The lowest BCUT2D eigenvalue weighted by Crippen LogP contribution is -3.09. The van der Waals surface area contributed by atoms with Crippen molar-refractivity contribution >= 4 is 11.8 Å². The van der Waals surface area contributed by atoms with Crippen molar-refractivity contribution in [1.29, 1.82) is 0 Å². The Bertz CT molecular complexity index is 626. The summed E-state index contributed by atoms with van der Waals surface area (Å²) < 4.78 is 10.6. The minimum atomic E-state index is -0.197. The van der Waals surface area contributed by atoms with E-state index in [1.54, 1.807) is 14.2 Å². The van der Waals surface area contributed by atoms with Crippen LogP contribution in [0.15, 0.2) is 18.2 Å². The molecule has 25 heavy (non-hydrogen) atoms. The van der Waals surface area contributed by atoms with Gasteiger partial charge in [-0.15, -0.1) is 0 Å². The summed E-state index contributed by atoms with van der Waals surface area (Å²) in [5, 5.41) is 0. The maximum absolute atomic E-state index is 12.4. The van der Waals surface area contributed by atoms with Crippen LogP contribution in [-0.4, -0.2) is 44.7 Å². The first kappa shape index (κ1) is 19.2. The second kappa shape index (κ2) is 7.87. The molecule has 0 aromatic heterocycles. The summed E-state index contributed by atoms with van der Waals surface area (Å²) in [6, 6.07) is 5.68. The van der Waals surface area contributed by atoms with Gasteiger partial charge >= 0.3 is 0 Å². The van der Waals surface area contributed by atoms with Crippen LogP contribution in [0.25, 0.3) is 0 Å². The summed E-state index contributed by atoms with van der Waals surface area (Å²) in [7, 11) is 5.21. The predicted molar refractivity (Wildman–Crippen MR) is 94.5 cm³/mol. The van der Waals surface area contributed by atoms with Crippen LogP contribution in [0.5, 0.6) is 11.5 Å². The van der Waals surface area contributed by atoms with Gasteiger partial charge in [-0.3, -0.25) is 9.59 Å². The highest BCUT2D eigenvalue weighted by molar-refractivity contribution is 5.98. The predicted octanol–water partition coefficient (Wildman–Crippen LogP) is 1.24. The Kier molecular flexibility index (Phi) is 6.06. The number of benzene rings is 1. The molecule has 2 rings (SSSR count). The van der Waals surface area contributed by atoms with E-state index in [0.29, 0.717) is 26.1 Å². The van der Waals surface area contributed by atoms with Crippen LogP contribution in [0.1, 0.15) is 38.7 Å². The normalized spacial score (nSPS) is 18.2. The molecule has 1 saturated heterocycles. The van der Waals surface area contributed by atoms with Crippen molar-refractivity contribution in [1.82, 2.24) is 4.90 Å². The molecule has 6 nitrogen and oxygen atoms in total. The van der Waals surface area contributed by atoms with Crippen molar-refractivity contribution in [3.63, 3.8) is 0 Å². The molecular weight excluding hydrogens is 320 g/mol. The Balaban J connectivity index is 2.04. The number of carbonyl (C=O) groups is 2. The number of methoxy groups -OCH3 is 2. The maximum atomic E-state index is 12.4. The number of likely N-dealkylation sites (tertiary alicyclic amines) is 1. The van der Waals surface area contributed by atoms with Crippen LogP contribution >= 0.6 is 0 Å². The van der Waals surface area contributed by atoms with Crippen LogP contribution in [-0.2, 0) is 16.1 Å². The van der Waals surface area contributed by atoms with E-state index in [1.807, 2.05) is 39.1 Å². The highest BCUT2D eigenvalue weighted by atomic mass is 16.5. The van der Waals surface area contributed by atoms with Crippen LogP contribution < -0.4 is 14.4 Å². The lowest BCUT2D eigenvalue weighted by Gasteiger charge is -2.37. The fourth-order valence-electron chi connectivity index (χ4n) is 3.20. The number of nitrogens with zero attached hydrogens (tertiary/aromatic N) is 1. The molecule has 2 amide bonds. The van der Waals surface area contributed by atoms with E-state index < -0.39 is 0 Å². The van der Waals surface area contributed by atoms with Gasteiger partial charge in [0, 0.05) is 24.5 Å². The quantitative estimate of drug-likeness (QED) is 0.753. The Morgan fingerprint density at radius 2 is 1.80 bits per heavy atom. The molecule has 0 aliphatic carbocycles. The minimum Gasteiger partial charge on any atom is -0.497 e. The van der Waals surface area contributed by atoms with Gasteiger partial charge in [0.1, 0.15) is 18.0 Å². The smallest absolute Gasteiger partial charge is 0.234 e. The summed E-state index contributed by atoms with van der Waals surface area (Å²) in [5.41, 5.74) is 0.814. The molecule has 1 aromatic carbocycles. The van der Waals surface area contributed by atoms with Gasteiger partial charge in [0.2, 0.25) is 11.8 Å². The largest absolute Gasteiger partial charge is 0.497 e. The van der Waals surface area contributed by atoms with Crippen molar-refractivity contribution in [2.45, 2.75) is 39.7 Å². The average molecular weight is 349 g/mol. The topological polar surface area (TPSA) is 60.3 Å². The number of carbonyl (C=O) groups excluding carboxylic acids is 2. The van der Waals surface area contributed by atoms with E-state index in [0.717, 1.165) is 28.4 Å². The van der Waals surface area contributed by atoms with Crippen molar-refractivity contribution in [2.24, 2.45) is 5.41 Å². The lowest BCUT2D eigenvalue weighted by molar-refractivity contribution is -0.901. The van der Waals surface area contributed by atoms with Crippen molar-refractivity contribution in [3.05, 3.63) is 23.8 Å². The van der Waals surface area contributed by atoms with E-state index >= 15 is 0 Å². The van der Waals surface area contributed by atoms with E-state index in [9.17, 15) is 9.59 Å². The molecule has 0 bridgehead atoms. The molecule has 1 aliphatic rings. The molecule has 0 saturated carbocycles. The number of hydrogen-bond acceptors (Lipinski definition) is 4. The number of ether oxygens (including phenoxy) is 2. The second-order valence-electron chi connectivity index (χ2n) is 7.20. The molecule has 0 radical (unpaired) electrons. The summed E-state index contributed by atoms with van der Waals surface area (Å²) in [5.74, 6) is 1.34. The van der Waals surface area contributed by atoms with E-state index in [2.05, 4.69) is 0 Å². The standard InChI is InChI=1S/C19H28N2O4/c1-6-19(2)10-17(22)21(18(23)11-19)13-20(3)12-14-7-8-15(24-4)9-16(14)25-5/h7-9H,6,10-13H2,1-5H3/p+1. The minimum absolute atomic E-state index is 0.0679. The number of quaternary nitrogens is 1. The van der Waals surface area contributed by atoms with Gasteiger partial charge in [0.05, 0.1) is 21.3 Å². The lowest BCUT2D eigenvalue weighted by atomic mass is 9.77. The van der Waals surface area contributed by atoms with Gasteiger partial charge in [-0.2, -0.15) is 0 Å². The van der Waals surface area contributed by atoms with Crippen LogP contribution in [0.4, 0.5) is 0 Å². The highest BCUT2D eigenvalue weighted by Crippen LogP contribution is 2.35. The van der Waals surface area contributed by atoms with Gasteiger partial charge in [0.25, 0.3) is 0 Å². The zero-order valence-corrected chi connectivity index (χ0v) is 15.8. The number of imide groups is 1. The van der Waals surface area contributed by atoms with E-state index in [1.165, 1.54) is 4.90 Å². The van der Waals surface area contributed by atoms with Gasteiger partial charge < -0.3 is 14.4 Å². The number of hydrogen-bond donors (Lipinski definition) is 1. The molecule has 1 aliphatic heterocycles. The first-order valence-electron chi connectivity index (χ1n) is 8.67. The Labute approximate surface area is 149 Å². The Hall–Kier alpha value is -2.08. The number of nitrogens with one attached hydrogen (secondary N) is 1. The molecule has 1 atom stereocenters. The van der Waals surface area contributed by atoms with Crippen LogP contribution in [0, 0.1) is 5.41 Å². The molecule has 0 spiro atoms. The summed E-state index contributed by atoms with van der Waals surface area (Å²) in [6.45, 7) is 5.06. The van der Waals surface area contributed by atoms with E-state index in [4.69, 9.17) is 9.47 Å². The van der Waals surface area contributed by atoms with Crippen LogP contribution in [0.3, 0.4) is 0 Å². The van der Waals surface area contributed by atoms with Gasteiger partial charge in [-0.05, 0) is 24.0 Å². The Morgan fingerprint density at radius 1 is 1.16 bits per heavy atom. The summed E-state index contributed by atoms with van der Waals surface area (Å²) in [6.07, 6.45) is 1.72. The highest BCUT2D eigenvalue weighted by Gasteiger charge is 2.40. The van der Waals surface area contributed by atoms with Crippen LogP contribution in [0.2, 0.25) is 0 Å². The number of rotatable bonds is 7. The molecule has 138 valence electrons. The summed E-state index contributed by atoms with van der Waals surface area (Å²) in [4.78, 5) is 27.3. The third-order valence-electron chi connectivity index (χ3n) is 5.03. The van der Waals surface area contributed by atoms with Gasteiger partial charge in [-0.25, -0.2) is 4.90 Å². The van der Waals surface area contributed by atoms with E-state index in [-0.39, 0.29) is 17.2 Å². The average Bonchev–Trinajstić information content (AvgIpc) is 2.58. The molecule has 1 N–H and O–H groups in total. The number of amides is 2. The number of piperidine rings is 1. The maximum Gasteiger partial charge on any atom is 0.234 e. The summed E-state index contributed by atoms with van der Waals surface area (Å²) >= 11 is 0. The second-order valence-corrected chi connectivity index (χ2v) is 7.20. The fourth-order valence-corrected chi connectivity index (χ4v) is 3.20. The molecule has 1 unspecified atom stereocenters. The third-order valence-corrected chi connectivity index (χ3v) is 5.03. The van der Waals surface area contributed by atoms with Gasteiger partial charge in [0.15, 0.2) is 6.67 Å². The first-order chi connectivity index (χ1) is 11.8. The molecular formula is C19H29N2O4+. The third kappa shape index (κ3) is 4.51. The molecule has 1 heterocycles.